The highest BCUT2D eigenvalue weighted by atomic mass is 19.1. The Kier molecular flexibility index (Phi) is 4.07. The average molecular weight is 270 g/mol. The number of hydrogen-bond acceptors (Lipinski definition) is 2. The van der Waals surface area contributed by atoms with E-state index in [0.717, 1.165) is 31.4 Å². The number of aryl methyl sites for hydroxylation is 1. The summed E-state index contributed by atoms with van der Waals surface area (Å²) < 4.78 is 12.8. The maximum atomic E-state index is 12.8. The Morgan fingerprint density at radius 3 is 2.90 bits per heavy atom. The lowest BCUT2D eigenvalue weighted by Gasteiger charge is -2.25. The molecule has 0 bridgehead atoms. The molecule has 2 nitrogen and oxygen atoms in total. The monoisotopic (exact) mass is 270 g/mol. The molecule has 0 fully saturated rings. The molecule has 1 heterocycles. The topological polar surface area (TPSA) is 24.9 Å². The van der Waals surface area contributed by atoms with Crippen molar-refractivity contribution in [1.29, 1.82) is 0 Å². The van der Waals surface area contributed by atoms with Gasteiger partial charge in [-0.2, -0.15) is 0 Å². The molecule has 0 spiro atoms. The van der Waals surface area contributed by atoms with Gasteiger partial charge in [-0.05, 0) is 61.6 Å². The van der Waals surface area contributed by atoms with Crippen LogP contribution >= 0.6 is 0 Å². The second-order valence-corrected chi connectivity index (χ2v) is 5.32. The van der Waals surface area contributed by atoms with Crippen LogP contribution in [0.1, 0.15) is 35.7 Å². The van der Waals surface area contributed by atoms with Crippen LogP contribution in [0.15, 0.2) is 42.6 Å². The Labute approximate surface area is 119 Å². The number of aromatic nitrogens is 1. The lowest BCUT2D eigenvalue weighted by molar-refractivity contribution is 0.451. The molecular weight excluding hydrogens is 251 g/mol. The molecule has 0 saturated carbocycles. The quantitative estimate of drug-likeness (QED) is 0.920. The maximum absolute atomic E-state index is 12.8. The van der Waals surface area contributed by atoms with Gasteiger partial charge in [0.1, 0.15) is 5.82 Å². The molecule has 1 aliphatic rings. The number of benzene rings is 1. The third-order valence-electron chi connectivity index (χ3n) is 3.91. The summed E-state index contributed by atoms with van der Waals surface area (Å²) in [5, 5.41) is 3.58. The molecule has 0 amide bonds. The van der Waals surface area contributed by atoms with Crippen LogP contribution in [0.4, 0.5) is 4.39 Å². The van der Waals surface area contributed by atoms with Crippen LogP contribution in [0, 0.1) is 5.82 Å². The SMILES string of the molecule is Fc1ccc(CCNC2CCCc3cccnc32)cc1. The number of nitrogens with one attached hydrogen (secondary N) is 1. The first-order valence-electron chi connectivity index (χ1n) is 7.24. The molecule has 3 rings (SSSR count). The highest BCUT2D eigenvalue weighted by Gasteiger charge is 2.20. The third-order valence-corrected chi connectivity index (χ3v) is 3.91. The molecule has 1 aromatic heterocycles. The molecule has 1 unspecified atom stereocenters. The van der Waals surface area contributed by atoms with E-state index in [-0.39, 0.29) is 5.82 Å². The minimum atomic E-state index is -0.174. The zero-order valence-electron chi connectivity index (χ0n) is 11.5. The van der Waals surface area contributed by atoms with Gasteiger partial charge in [0.2, 0.25) is 0 Å². The van der Waals surface area contributed by atoms with E-state index >= 15 is 0 Å². The second-order valence-electron chi connectivity index (χ2n) is 5.32. The Hall–Kier alpha value is -1.74. The standard InChI is InChI=1S/C17H19FN2/c18-15-8-6-13(7-9-15)10-12-19-16-5-1-3-14-4-2-11-20-17(14)16/h2,4,6-9,11,16,19H,1,3,5,10,12H2. The van der Waals surface area contributed by atoms with Gasteiger partial charge in [-0.25, -0.2) is 4.39 Å². The number of halogens is 1. The van der Waals surface area contributed by atoms with Crippen LogP contribution in [0.3, 0.4) is 0 Å². The van der Waals surface area contributed by atoms with Crippen LogP contribution in [0.2, 0.25) is 0 Å². The van der Waals surface area contributed by atoms with Crippen molar-refractivity contribution in [2.45, 2.75) is 31.7 Å². The zero-order valence-corrected chi connectivity index (χ0v) is 11.5. The first-order chi connectivity index (χ1) is 9.83. The molecule has 1 aromatic carbocycles. The molecule has 0 radical (unpaired) electrons. The Morgan fingerprint density at radius 2 is 2.05 bits per heavy atom. The van der Waals surface area contributed by atoms with E-state index < -0.39 is 0 Å². The van der Waals surface area contributed by atoms with Crippen molar-refractivity contribution in [3.63, 3.8) is 0 Å². The second kappa shape index (κ2) is 6.14. The normalized spacial score (nSPS) is 17.8. The van der Waals surface area contributed by atoms with Gasteiger partial charge in [0.15, 0.2) is 0 Å². The molecule has 1 aliphatic carbocycles. The van der Waals surface area contributed by atoms with Gasteiger partial charge in [-0.3, -0.25) is 4.98 Å². The van der Waals surface area contributed by atoms with Crippen molar-refractivity contribution in [1.82, 2.24) is 10.3 Å². The van der Waals surface area contributed by atoms with E-state index in [1.807, 2.05) is 24.4 Å². The van der Waals surface area contributed by atoms with Crippen molar-refractivity contribution in [2.75, 3.05) is 6.54 Å². The zero-order chi connectivity index (χ0) is 13.8. The third kappa shape index (κ3) is 3.05. The van der Waals surface area contributed by atoms with Crippen molar-refractivity contribution in [2.24, 2.45) is 0 Å². The summed E-state index contributed by atoms with van der Waals surface area (Å²) in [5.74, 6) is -0.174. The highest BCUT2D eigenvalue weighted by molar-refractivity contribution is 5.25. The van der Waals surface area contributed by atoms with Gasteiger partial charge in [-0.15, -0.1) is 0 Å². The lowest BCUT2D eigenvalue weighted by Crippen LogP contribution is -2.28. The van der Waals surface area contributed by atoms with E-state index in [1.165, 1.54) is 29.8 Å². The summed E-state index contributed by atoms with van der Waals surface area (Å²) in [5.41, 5.74) is 3.74. The summed E-state index contributed by atoms with van der Waals surface area (Å²) in [6.45, 7) is 0.895. The number of hydrogen-bond donors (Lipinski definition) is 1. The van der Waals surface area contributed by atoms with Crippen molar-refractivity contribution >= 4 is 0 Å². The van der Waals surface area contributed by atoms with Crippen LogP contribution < -0.4 is 5.32 Å². The number of nitrogens with zero attached hydrogens (tertiary/aromatic N) is 1. The van der Waals surface area contributed by atoms with Crippen LogP contribution in [-0.4, -0.2) is 11.5 Å². The Morgan fingerprint density at radius 1 is 1.20 bits per heavy atom. The molecule has 1 N–H and O–H groups in total. The van der Waals surface area contributed by atoms with Crippen LogP contribution in [-0.2, 0) is 12.8 Å². The minimum Gasteiger partial charge on any atom is -0.308 e. The van der Waals surface area contributed by atoms with Gasteiger partial charge < -0.3 is 5.32 Å². The molecule has 104 valence electrons. The fourth-order valence-corrected chi connectivity index (χ4v) is 2.85. The number of rotatable bonds is 4. The van der Waals surface area contributed by atoms with Crippen molar-refractivity contribution < 1.29 is 4.39 Å². The molecule has 0 saturated heterocycles. The molecular formula is C17H19FN2. The summed E-state index contributed by atoms with van der Waals surface area (Å²) in [4.78, 5) is 4.53. The first kappa shape index (κ1) is 13.3. The lowest BCUT2D eigenvalue weighted by atomic mass is 9.92. The van der Waals surface area contributed by atoms with E-state index in [2.05, 4.69) is 16.4 Å². The van der Waals surface area contributed by atoms with E-state index in [4.69, 9.17) is 0 Å². The summed E-state index contributed by atoms with van der Waals surface area (Å²) in [6, 6.07) is 11.3. The molecule has 20 heavy (non-hydrogen) atoms. The van der Waals surface area contributed by atoms with Gasteiger partial charge in [0.25, 0.3) is 0 Å². The predicted molar refractivity (Wildman–Crippen MR) is 78.0 cm³/mol. The summed E-state index contributed by atoms with van der Waals surface area (Å²) >= 11 is 0. The highest BCUT2D eigenvalue weighted by Crippen LogP contribution is 2.27. The first-order valence-corrected chi connectivity index (χ1v) is 7.24. The minimum absolute atomic E-state index is 0.174. The Bertz CT molecular complexity index is 565. The smallest absolute Gasteiger partial charge is 0.123 e. The number of pyridine rings is 1. The number of fused-ring (bicyclic) bond motifs is 1. The van der Waals surface area contributed by atoms with Gasteiger partial charge in [0, 0.05) is 12.2 Å². The van der Waals surface area contributed by atoms with E-state index in [0.29, 0.717) is 6.04 Å². The van der Waals surface area contributed by atoms with Gasteiger partial charge in [0.05, 0.1) is 5.69 Å². The van der Waals surface area contributed by atoms with Crippen LogP contribution in [0.5, 0.6) is 0 Å². The molecule has 2 aromatic rings. The molecule has 0 aliphatic heterocycles. The fraction of sp³-hybridized carbons (Fsp3) is 0.353. The van der Waals surface area contributed by atoms with Crippen LogP contribution in [0.25, 0.3) is 0 Å². The van der Waals surface area contributed by atoms with Gasteiger partial charge >= 0.3 is 0 Å². The van der Waals surface area contributed by atoms with Gasteiger partial charge in [-0.1, -0.05) is 18.2 Å². The molecule has 3 heteroatoms. The fourth-order valence-electron chi connectivity index (χ4n) is 2.85. The van der Waals surface area contributed by atoms with Crippen molar-refractivity contribution in [3.05, 3.63) is 65.2 Å². The average Bonchev–Trinajstić information content (AvgIpc) is 2.49. The largest absolute Gasteiger partial charge is 0.308 e. The Balaban J connectivity index is 1.58. The molecule has 1 atom stereocenters. The van der Waals surface area contributed by atoms with E-state index in [1.54, 1.807) is 0 Å². The predicted octanol–water partition coefficient (Wildman–Crippen LogP) is 3.43. The maximum Gasteiger partial charge on any atom is 0.123 e. The van der Waals surface area contributed by atoms with E-state index in [9.17, 15) is 4.39 Å². The summed E-state index contributed by atoms with van der Waals surface area (Å²) in [6.07, 6.45) is 6.29. The van der Waals surface area contributed by atoms with Crippen molar-refractivity contribution in [3.8, 4) is 0 Å². The summed E-state index contributed by atoms with van der Waals surface area (Å²) in [7, 11) is 0.